The summed E-state index contributed by atoms with van der Waals surface area (Å²) in [5.41, 5.74) is 4.19. The molecule has 0 aliphatic rings. The second-order valence-corrected chi connectivity index (χ2v) is 15.1. The Morgan fingerprint density at radius 2 is 1.36 bits per heavy atom. The van der Waals surface area contributed by atoms with E-state index in [2.05, 4.69) is 39.6 Å². The summed E-state index contributed by atoms with van der Waals surface area (Å²) >= 11 is 0. The van der Waals surface area contributed by atoms with Gasteiger partial charge >= 0.3 is 0 Å². The maximum Gasteiger partial charge on any atom is 0.245 e. The van der Waals surface area contributed by atoms with E-state index in [4.69, 9.17) is 5.73 Å². The fourth-order valence-electron chi connectivity index (χ4n) is 5.66. The fraction of sp³-hybridized carbons (Fsp3) is 0.763. The number of carbonyl (C=O) groups is 7. The standard InChI is InChI=1S/C38H69N7O8/c1-10-12-13-14-15-16-17-18-30(47)40-21-31(48)41-22-32(49)43-29(20-26(5)6)36(52)44-38(8,9)37(53)42-23-33(50)45(28(24-46)19-25(3)4)34(35(39)51)27(7)11-2/h15-16,25-29,34,46H,10-14,17-24H2,1-9H3,(H2,39,51)(H,40,47)(H,41,48)(H,42,53)(H,43,49)(H,44,52)/b16-15-/t27-,28-,29-,34-/m0/s1. The smallest absolute Gasteiger partial charge is 0.245 e. The van der Waals surface area contributed by atoms with Gasteiger partial charge in [-0.05, 0) is 63.7 Å². The van der Waals surface area contributed by atoms with Crippen molar-refractivity contribution < 1.29 is 38.7 Å². The molecule has 7 amide bonds. The Morgan fingerprint density at radius 3 is 1.91 bits per heavy atom. The Bertz CT molecular complexity index is 1220. The Hall–Kier alpha value is -4.01. The van der Waals surface area contributed by atoms with Crippen LogP contribution in [-0.2, 0) is 33.6 Å². The first-order chi connectivity index (χ1) is 24.8. The van der Waals surface area contributed by atoms with Crippen LogP contribution in [-0.4, -0.2) is 101 Å². The van der Waals surface area contributed by atoms with E-state index in [9.17, 15) is 38.7 Å². The molecule has 0 fully saturated rings. The average molecular weight is 752 g/mol. The lowest BCUT2D eigenvalue weighted by Gasteiger charge is -2.39. The number of aliphatic hydroxyl groups excluding tert-OH is 1. The highest BCUT2D eigenvalue weighted by molar-refractivity contribution is 5.96. The molecular formula is C38H69N7O8. The van der Waals surface area contributed by atoms with E-state index in [-0.39, 0.29) is 43.0 Å². The van der Waals surface area contributed by atoms with Crippen molar-refractivity contribution in [2.75, 3.05) is 26.2 Å². The van der Waals surface area contributed by atoms with E-state index in [1.165, 1.54) is 25.2 Å². The van der Waals surface area contributed by atoms with Crippen LogP contribution in [0.2, 0.25) is 0 Å². The van der Waals surface area contributed by atoms with Crippen LogP contribution in [0.4, 0.5) is 0 Å². The zero-order chi connectivity index (χ0) is 40.7. The van der Waals surface area contributed by atoms with E-state index >= 15 is 0 Å². The van der Waals surface area contributed by atoms with Crippen LogP contribution in [0.5, 0.6) is 0 Å². The monoisotopic (exact) mass is 752 g/mol. The lowest BCUT2D eigenvalue weighted by atomic mass is 9.93. The molecule has 0 aromatic heterocycles. The predicted octanol–water partition coefficient (Wildman–Crippen LogP) is 1.81. The number of amides is 7. The largest absolute Gasteiger partial charge is 0.394 e. The summed E-state index contributed by atoms with van der Waals surface area (Å²) < 4.78 is 0. The zero-order valence-electron chi connectivity index (χ0n) is 33.6. The van der Waals surface area contributed by atoms with Gasteiger partial charge in [0.1, 0.15) is 17.6 Å². The summed E-state index contributed by atoms with van der Waals surface area (Å²) in [6.07, 6.45) is 10.4. The van der Waals surface area contributed by atoms with Crippen LogP contribution in [0.3, 0.4) is 0 Å². The third kappa shape index (κ3) is 20.1. The molecule has 0 bridgehead atoms. The highest BCUT2D eigenvalue weighted by Gasteiger charge is 2.38. The molecule has 0 aliphatic carbocycles. The molecule has 8 N–H and O–H groups in total. The zero-order valence-corrected chi connectivity index (χ0v) is 33.6. The average Bonchev–Trinajstić information content (AvgIpc) is 3.08. The number of carbonyl (C=O) groups excluding carboxylic acids is 7. The molecule has 0 unspecified atom stereocenters. The van der Waals surface area contributed by atoms with E-state index in [0.717, 1.165) is 19.3 Å². The van der Waals surface area contributed by atoms with Crippen LogP contribution in [0.15, 0.2) is 12.2 Å². The fourth-order valence-corrected chi connectivity index (χ4v) is 5.66. The second-order valence-electron chi connectivity index (χ2n) is 15.1. The van der Waals surface area contributed by atoms with Gasteiger partial charge in [0, 0.05) is 6.42 Å². The van der Waals surface area contributed by atoms with Gasteiger partial charge in [-0.1, -0.05) is 79.9 Å². The third-order valence-electron chi connectivity index (χ3n) is 8.74. The van der Waals surface area contributed by atoms with Gasteiger partial charge < -0.3 is 42.3 Å². The van der Waals surface area contributed by atoms with Crippen molar-refractivity contribution in [1.82, 2.24) is 31.5 Å². The summed E-state index contributed by atoms with van der Waals surface area (Å²) in [6, 6.07) is -2.76. The van der Waals surface area contributed by atoms with Gasteiger partial charge in [-0.2, -0.15) is 0 Å². The number of nitrogens with one attached hydrogen (secondary N) is 5. The molecule has 0 heterocycles. The SMILES string of the molecule is CCCCC/C=C\CCC(=O)NCC(=O)NCC(=O)N[C@@H](CC(C)C)C(=O)NC(C)(C)C(=O)NCC(=O)N([C@H](CO)CC(C)C)[C@H](C(N)=O)[C@@H](C)CC. The predicted molar refractivity (Wildman–Crippen MR) is 205 cm³/mol. The van der Waals surface area contributed by atoms with Gasteiger partial charge in [0.15, 0.2) is 0 Å². The molecule has 0 aromatic rings. The first-order valence-electron chi connectivity index (χ1n) is 19.1. The summed E-state index contributed by atoms with van der Waals surface area (Å²) in [6.45, 7) is 14.6. The molecule has 0 radical (unpaired) electrons. The molecule has 15 nitrogen and oxygen atoms in total. The van der Waals surface area contributed by atoms with Crippen molar-refractivity contribution in [2.24, 2.45) is 23.5 Å². The maximum absolute atomic E-state index is 13.6. The molecule has 0 aromatic carbocycles. The summed E-state index contributed by atoms with van der Waals surface area (Å²) in [5, 5.41) is 22.9. The Labute approximate surface area is 316 Å². The molecule has 4 atom stereocenters. The first-order valence-corrected chi connectivity index (χ1v) is 19.1. The van der Waals surface area contributed by atoms with Gasteiger partial charge in [0.2, 0.25) is 41.4 Å². The van der Waals surface area contributed by atoms with Gasteiger partial charge in [0.05, 0.1) is 32.3 Å². The minimum atomic E-state index is -1.53. The number of rotatable bonds is 27. The molecule has 304 valence electrons. The minimum absolute atomic E-state index is 0.0309. The van der Waals surface area contributed by atoms with Crippen molar-refractivity contribution in [3.8, 4) is 0 Å². The summed E-state index contributed by atoms with van der Waals surface area (Å²) in [7, 11) is 0. The Morgan fingerprint density at radius 1 is 0.774 bits per heavy atom. The third-order valence-corrected chi connectivity index (χ3v) is 8.74. The Kier molecular flexibility index (Phi) is 23.9. The quantitative estimate of drug-likeness (QED) is 0.0483. The topological polar surface area (TPSA) is 229 Å². The number of nitrogens with two attached hydrogens (primary N) is 1. The van der Waals surface area contributed by atoms with E-state index in [1.54, 1.807) is 6.92 Å². The van der Waals surface area contributed by atoms with Gasteiger partial charge in [-0.3, -0.25) is 33.6 Å². The van der Waals surface area contributed by atoms with E-state index < -0.39 is 78.8 Å². The second kappa shape index (κ2) is 25.9. The van der Waals surface area contributed by atoms with Crippen LogP contribution in [0.1, 0.15) is 120 Å². The van der Waals surface area contributed by atoms with Crippen molar-refractivity contribution in [1.29, 1.82) is 0 Å². The van der Waals surface area contributed by atoms with E-state index in [1.807, 2.05) is 40.7 Å². The molecule has 0 saturated heterocycles. The van der Waals surface area contributed by atoms with Gasteiger partial charge in [-0.15, -0.1) is 0 Å². The highest BCUT2D eigenvalue weighted by atomic mass is 16.3. The minimum Gasteiger partial charge on any atom is -0.394 e. The van der Waals surface area contributed by atoms with Gasteiger partial charge in [-0.25, -0.2) is 0 Å². The van der Waals surface area contributed by atoms with Crippen LogP contribution < -0.4 is 32.3 Å². The molecule has 0 saturated carbocycles. The molecule has 0 spiro atoms. The van der Waals surface area contributed by atoms with Crippen LogP contribution >= 0.6 is 0 Å². The van der Waals surface area contributed by atoms with Crippen molar-refractivity contribution >= 4 is 41.4 Å². The molecule has 53 heavy (non-hydrogen) atoms. The lowest BCUT2D eigenvalue weighted by molar-refractivity contribution is -0.146. The summed E-state index contributed by atoms with van der Waals surface area (Å²) in [4.78, 5) is 91.1. The number of primary amides is 1. The van der Waals surface area contributed by atoms with E-state index in [0.29, 0.717) is 19.3 Å². The number of allylic oxidation sites excluding steroid dienone is 2. The molecule has 0 rings (SSSR count). The maximum atomic E-state index is 13.6. The Balaban J connectivity index is 5.33. The lowest BCUT2D eigenvalue weighted by Crippen LogP contribution is -2.62. The molecule has 0 aliphatic heterocycles. The normalized spacial score (nSPS) is 13.9. The highest BCUT2D eigenvalue weighted by Crippen LogP contribution is 2.22. The van der Waals surface area contributed by atoms with Crippen LogP contribution in [0, 0.1) is 17.8 Å². The van der Waals surface area contributed by atoms with Crippen molar-refractivity contribution in [3.05, 3.63) is 12.2 Å². The number of aliphatic hydroxyl groups is 1. The van der Waals surface area contributed by atoms with Crippen LogP contribution in [0.25, 0.3) is 0 Å². The van der Waals surface area contributed by atoms with Crippen molar-refractivity contribution in [2.45, 2.75) is 144 Å². The van der Waals surface area contributed by atoms with Gasteiger partial charge in [0.25, 0.3) is 0 Å². The first kappa shape index (κ1) is 49.0. The number of nitrogens with zero attached hydrogens (tertiary/aromatic N) is 1. The summed E-state index contributed by atoms with van der Waals surface area (Å²) in [5.74, 6) is -4.43. The number of unbranched alkanes of at least 4 members (excludes halogenated alkanes) is 3. The van der Waals surface area contributed by atoms with Crippen molar-refractivity contribution in [3.63, 3.8) is 0 Å². The molecular weight excluding hydrogens is 682 g/mol. The number of hydrogen-bond donors (Lipinski definition) is 7. The number of hydrogen-bond acceptors (Lipinski definition) is 8. The molecule has 15 heteroatoms.